The maximum atomic E-state index is 5.78. The fourth-order valence-corrected chi connectivity index (χ4v) is 2.39. The van der Waals surface area contributed by atoms with Crippen LogP contribution in [-0.4, -0.2) is 49.9 Å². The van der Waals surface area contributed by atoms with E-state index in [1.807, 2.05) is 24.3 Å². The molecule has 1 saturated heterocycles. The van der Waals surface area contributed by atoms with Gasteiger partial charge in [0.2, 0.25) is 0 Å². The first-order valence-corrected chi connectivity index (χ1v) is 7.37. The van der Waals surface area contributed by atoms with E-state index in [9.17, 15) is 0 Å². The van der Waals surface area contributed by atoms with Gasteiger partial charge in [-0.05, 0) is 38.1 Å². The van der Waals surface area contributed by atoms with E-state index in [4.69, 9.17) is 15.2 Å². The fraction of sp³-hybridized carbons (Fsp3) is 0.529. The lowest BCUT2D eigenvalue weighted by atomic mass is 10.1. The Morgan fingerprint density at radius 3 is 2.76 bits per heavy atom. The van der Waals surface area contributed by atoms with Crippen LogP contribution in [0, 0.1) is 11.8 Å². The van der Waals surface area contributed by atoms with Crippen LogP contribution in [0.5, 0.6) is 5.75 Å². The van der Waals surface area contributed by atoms with Gasteiger partial charge in [-0.25, -0.2) is 0 Å². The van der Waals surface area contributed by atoms with Crippen molar-refractivity contribution in [1.82, 2.24) is 4.90 Å². The molecule has 114 valence electrons. The Balaban J connectivity index is 1.75. The summed E-state index contributed by atoms with van der Waals surface area (Å²) in [5, 5.41) is 0. The summed E-state index contributed by atoms with van der Waals surface area (Å²) < 4.78 is 11.5. The predicted molar refractivity (Wildman–Crippen MR) is 84.3 cm³/mol. The summed E-state index contributed by atoms with van der Waals surface area (Å²) in [6, 6.07) is 7.80. The average molecular weight is 288 g/mol. The lowest BCUT2D eigenvalue weighted by molar-refractivity contribution is -0.0875. The van der Waals surface area contributed by atoms with Crippen LogP contribution in [0.15, 0.2) is 24.3 Å². The molecule has 1 aromatic carbocycles. The molecule has 2 N–H and O–H groups in total. The number of hydrogen-bond donors (Lipinski definition) is 1. The minimum atomic E-state index is -0.0540. The second kappa shape index (κ2) is 7.46. The molecule has 0 atom stereocenters. The molecule has 4 heteroatoms. The van der Waals surface area contributed by atoms with Crippen LogP contribution in [0.1, 0.15) is 19.4 Å². The van der Waals surface area contributed by atoms with Gasteiger partial charge in [-0.2, -0.15) is 0 Å². The third-order valence-electron chi connectivity index (χ3n) is 3.37. The largest absolute Gasteiger partial charge is 0.492 e. The van der Waals surface area contributed by atoms with Crippen LogP contribution < -0.4 is 10.5 Å². The molecule has 0 saturated carbocycles. The van der Waals surface area contributed by atoms with Gasteiger partial charge in [-0.1, -0.05) is 11.8 Å². The fourth-order valence-electron chi connectivity index (χ4n) is 2.39. The Bertz CT molecular complexity index is 500. The Kier molecular flexibility index (Phi) is 5.63. The van der Waals surface area contributed by atoms with Crippen molar-refractivity contribution in [3.8, 4) is 17.6 Å². The van der Waals surface area contributed by atoms with Crippen molar-refractivity contribution in [2.24, 2.45) is 5.73 Å². The molecular formula is C17H24N2O2. The van der Waals surface area contributed by atoms with Gasteiger partial charge in [0.15, 0.2) is 0 Å². The first-order valence-electron chi connectivity index (χ1n) is 7.37. The molecule has 0 spiro atoms. The predicted octanol–water partition coefficient (Wildman–Crippen LogP) is 1.49. The van der Waals surface area contributed by atoms with Gasteiger partial charge >= 0.3 is 0 Å². The maximum Gasteiger partial charge on any atom is 0.119 e. The summed E-state index contributed by atoms with van der Waals surface area (Å²) >= 11 is 0. The Hall–Kier alpha value is -1.54. The van der Waals surface area contributed by atoms with E-state index < -0.39 is 0 Å². The summed E-state index contributed by atoms with van der Waals surface area (Å²) in [5.41, 5.74) is 6.26. The van der Waals surface area contributed by atoms with Crippen LogP contribution in [0.4, 0.5) is 0 Å². The number of nitrogens with two attached hydrogens (primary N) is 1. The van der Waals surface area contributed by atoms with E-state index in [1.165, 1.54) is 0 Å². The Morgan fingerprint density at radius 1 is 1.33 bits per heavy atom. The summed E-state index contributed by atoms with van der Waals surface area (Å²) in [5.74, 6) is 6.71. The number of ether oxygens (including phenoxy) is 2. The Morgan fingerprint density at radius 2 is 2.10 bits per heavy atom. The molecule has 1 aromatic rings. The van der Waals surface area contributed by atoms with Crippen molar-refractivity contribution in [2.75, 3.05) is 39.4 Å². The molecule has 1 aliphatic heterocycles. The molecule has 0 aliphatic carbocycles. The van der Waals surface area contributed by atoms with Crippen molar-refractivity contribution < 1.29 is 9.47 Å². The molecule has 4 nitrogen and oxygen atoms in total. The monoisotopic (exact) mass is 288 g/mol. The summed E-state index contributed by atoms with van der Waals surface area (Å²) in [6.45, 7) is 8.95. The van der Waals surface area contributed by atoms with Gasteiger partial charge < -0.3 is 15.2 Å². The van der Waals surface area contributed by atoms with Crippen LogP contribution >= 0.6 is 0 Å². The van der Waals surface area contributed by atoms with E-state index in [0.29, 0.717) is 13.2 Å². The molecule has 0 bridgehead atoms. The molecular weight excluding hydrogens is 264 g/mol. The van der Waals surface area contributed by atoms with Crippen LogP contribution in [-0.2, 0) is 4.74 Å². The minimum absolute atomic E-state index is 0.0540. The van der Waals surface area contributed by atoms with Crippen LogP contribution in [0.25, 0.3) is 0 Å². The van der Waals surface area contributed by atoms with E-state index in [1.54, 1.807) is 0 Å². The van der Waals surface area contributed by atoms with Crippen molar-refractivity contribution in [2.45, 2.75) is 19.4 Å². The molecule has 21 heavy (non-hydrogen) atoms. The lowest BCUT2D eigenvalue weighted by Crippen LogP contribution is -2.49. The molecule has 1 fully saturated rings. The number of nitrogens with zero attached hydrogens (tertiary/aromatic N) is 1. The number of benzene rings is 1. The highest BCUT2D eigenvalue weighted by atomic mass is 16.5. The van der Waals surface area contributed by atoms with Crippen molar-refractivity contribution in [3.05, 3.63) is 29.8 Å². The van der Waals surface area contributed by atoms with Gasteiger partial charge in [0.05, 0.1) is 18.8 Å². The molecule has 0 aromatic heterocycles. The van der Waals surface area contributed by atoms with E-state index in [-0.39, 0.29) is 5.60 Å². The van der Waals surface area contributed by atoms with Gasteiger partial charge in [-0.15, -0.1) is 0 Å². The van der Waals surface area contributed by atoms with Crippen LogP contribution in [0.2, 0.25) is 0 Å². The van der Waals surface area contributed by atoms with Gasteiger partial charge in [0.1, 0.15) is 12.4 Å². The zero-order valence-electron chi connectivity index (χ0n) is 12.9. The first kappa shape index (κ1) is 15.8. The van der Waals surface area contributed by atoms with Gasteiger partial charge in [-0.3, -0.25) is 4.90 Å². The SMILES string of the molecule is CC1(C)CN(CCOc2ccc(C#CCN)cc2)CCO1. The second-order valence-electron chi connectivity index (χ2n) is 5.76. The first-order chi connectivity index (χ1) is 10.1. The van der Waals surface area contributed by atoms with Crippen molar-refractivity contribution >= 4 is 0 Å². The number of rotatable bonds is 4. The van der Waals surface area contributed by atoms with E-state index in [0.717, 1.165) is 37.6 Å². The highest BCUT2D eigenvalue weighted by molar-refractivity contribution is 5.38. The lowest BCUT2D eigenvalue weighted by Gasteiger charge is -2.38. The zero-order valence-corrected chi connectivity index (χ0v) is 12.9. The highest BCUT2D eigenvalue weighted by Crippen LogP contribution is 2.16. The van der Waals surface area contributed by atoms with Crippen molar-refractivity contribution in [3.63, 3.8) is 0 Å². The minimum Gasteiger partial charge on any atom is -0.492 e. The third kappa shape index (κ3) is 5.39. The summed E-state index contributed by atoms with van der Waals surface area (Å²) in [4.78, 5) is 2.38. The highest BCUT2D eigenvalue weighted by Gasteiger charge is 2.26. The standard InChI is InChI=1S/C17H24N2O2/c1-17(2)14-19(11-13-21-17)10-12-20-16-7-5-15(6-8-16)4-3-9-18/h5-8H,9-14,18H2,1-2H3. The number of morpholine rings is 1. The van der Waals surface area contributed by atoms with Gasteiger partial charge in [0, 0.05) is 25.2 Å². The van der Waals surface area contributed by atoms with Crippen molar-refractivity contribution in [1.29, 1.82) is 0 Å². The maximum absolute atomic E-state index is 5.78. The second-order valence-corrected chi connectivity index (χ2v) is 5.76. The summed E-state index contributed by atoms with van der Waals surface area (Å²) in [6.07, 6.45) is 0. The number of hydrogen-bond acceptors (Lipinski definition) is 4. The normalized spacial score (nSPS) is 17.9. The zero-order chi connectivity index (χ0) is 15.1. The Labute approximate surface area is 127 Å². The molecule has 0 amide bonds. The molecule has 0 unspecified atom stereocenters. The third-order valence-corrected chi connectivity index (χ3v) is 3.37. The smallest absolute Gasteiger partial charge is 0.119 e. The van der Waals surface area contributed by atoms with Gasteiger partial charge in [0.25, 0.3) is 0 Å². The molecule has 0 radical (unpaired) electrons. The molecule has 2 rings (SSSR count). The molecule has 1 heterocycles. The topological polar surface area (TPSA) is 47.7 Å². The average Bonchev–Trinajstić information content (AvgIpc) is 2.45. The molecule has 1 aliphatic rings. The van der Waals surface area contributed by atoms with Crippen LogP contribution in [0.3, 0.4) is 0 Å². The van der Waals surface area contributed by atoms with E-state index >= 15 is 0 Å². The van der Waals surface area contributed by atoms with E-state index in [2.05, 4.69) is 30.6 Å². The quantitative estimate of drug-likeness (QED) is 0.853. The summed E-state index contributed by atoms with van der Waals surface area (Å²) in [7, 11) is 0.